The smallest absolute Gasteiger partial charge is 0.141 e. The number of aromatic nitrogens is 2. The molecule has 0 aliphatic rings. The average molecular weight is 266 g/mol. The van der Waals surface area contributed by atoms with Gasteiger partial charge in [0.05, 0.1) is 18.8 Å². The van der Waals surface area contributed by atoms with Crippen LogP contribution in [0, 0.1) is 6.92 Å². The second-order valence-corrected chi connectivity index (χ2v) is 4.52. The van der Waals surface area contributed by atoms with Crippen molar-refractivity contribution in [3.05, 3.63) is 46.1 Å². The van der Waals surface area contributed by atoms with Gasteiger partial charge in [-0.1, -0.05) is 35.9 Å². The van der Waals surface area contributed by atoms with E-state index in [2.05, 4.69) is 5.10 Å². The summed E-state index contributed by atoms with van der Waals surface area (Å²) in [6.45, 7) is 3.01. The van der Waals surface area contributed by atoms with Crippen molar-refractivity contribution in [2.24, 2.45) is 0 Å². The molecule has 1 aromatic carbocycles. The van der Waals surface area contributed by atoms with E-state index in [0.29, 0.717) is 24.0 Å². The quantitative estimate of drug-likeness (QED) is 0.925. The molecule has 96 valence electrons. The standard InChI is InChI=1S/C13H16ClN3O/c1-9-12(14)13(15)17(16-9)7-10-5-3-4-6-11(10)8-18-2/h3-6H,7-8,15H2,1-2H3. The molecule has 0 aliphatic carbocycles. The highest BCUT2D eigenvalue weighted by molar-refractivity contribution is 6.33. The first-order valence-electron chi connectivity index (χ1n) is 5.67. The fourth-order valence-corrected chi connectivity index (χ4v) is 2.00. The molecular formula is C13H16ClN3O. The molecule has 0 fully saturated rings. The Kier molecular flexibility index (Phi) is 3.89. The number of hydrogen-bond donors (Lipinski definition) is 1. The molecule has 0 bridgehead atoms. The molecule has 2 N–H and O–H groups in total. The molecule has 0 radical (unpaired) electrons. The van der Waals surface area contributed by atoms with E-state index in [9.17, 15) is 0 Å². The van der Waals surface area contributed by atoms with E-state index < -0.39 is 0 Å². The molecule has 1 aromatic heterocycles. The number of nitrogens with zero attached hydrogens (tertiary/aromatic N) is 2. The number of nitrogen functional groups attached to an aromatic ring is 1. The minimum atomic E-state index is 0.501. The summed E-state index contributed by atoms with van der Waals surface area (Å²) < 4.78 is 6.89. The van der Waals surface area contributed by atoms with Crippen molar-refractivity contribution in [2.75, 3.05) is 12.8 Å². The van der Waals surface area contributed by atoms with Gasteiger partial charge in [0.2, 0.25) is 0 Å². The molecule has 0 aliphatic heterocycles. The number of anilines is 1. The number of methoxy groups -OCH3 is 1. The van der Waals surface area contributed by atoms with E-state index in [0.717, 1.165) is 16.8 Å². The van der Waals surface area contributed by atoms with Gasteiger partial charge in [-0.05, 0) is 18.1 Å². The lowest BCUT2D eigenvalue weighted by Gasteiger charge is -2.09. The molecule has 18 heavy (non-hydrogen) atoms. The lowest BCUT2D eigenvalue weighted by molar-refractivity contribution is 0.184. The molecule has 0 saturated heterocycles. The molecule has 0 amide bonds. The minimum Gasteiger partial charge on any atom is -0.383 e. The Balaban J connectivity index is 2.31. The first kappa shape index (κ1) is 12.9. The summed E-state index contributed by atoms with van der Waals surface area (Å²) in [5, 5.41) is 4.85. The fourth-order valence-electron chi connectivity index (χ4n) is 1.87. The fraction of sp³-hybridized carbons (Fsp3) is 0.308. The first-order valence-corrected chi connectivity index (χ1v) is 6.05. The molecule has 4 nitrogen and oxygen atoms in total. The molecule has 0 saturated carbocycles. The molecule has 0 atom stereocenters. The van der Waals surface area contributed by atoms with Crippen LogP contribution < -0.4 is 5.73 Å². The first-order chi connectivity index (χ1) is 8.63. The monoisotopic (exact) mass is 265 g/mol. The highest BCUT2D eigenvalue weighted by Crippen LogP contribution is 2.23. The van der Waals surface area contributed by atoms with Crippen molar-refractivity contribution in [1.82, 2.24) is 9.78 Å². The molecule has 0 unspecified atom stereocenters. The van der Waals surface area contributed by atoms with Gasteiger partial charge in [-0.25, -0.2) is 4.68 Å². The third-order valence-corrected chi connectivity index (χ3v) is 3.30. The number of ether oxygens (including phenoxy) is 1. The van der Waals surface area contributed by atoms with Crippen LogP contribution in [-0.4, -0.2) is 16.9 Å². The Morgan fingerprint density at radius 3 is 2.56 bits per heavy atom. The van der Waals surface area contributed by atoms with Crippen LogP contribution in [0.25, 0.3) is 0 Å². The molecular weight excluding hydrogens is 250 g/mol. The highest BCUT2D eigenvalue weighted by Gasteiger charge is 2.11. The Labute approximate surface area is 111 Å². The minimum absolute atomic E-state index is 0.501. The van der Waals surface area contributed by atoms with Gasteiger partial charge in [0, 0.05) is 7.11 Å². The van der Waals surface area contributed by atoms with Gasteiger partial charge in [0.1, 0.15) is 10.8 Å². The van der Waals surface area contributed by atoms with Gasteiger partial charge in [-0.3, -0.25) is 0 Å². The van der Waals surface area contributed by atoms with Gasteiger partial charge in [-0.2, -0.15) is 5.10 Å². The zero-order chi connectivity index (χ0) is 13.1. The van der Waals surface area contributed by atoms with Gasteiger partial charge < -0.3 is 10.5 Å². The molecule has 5 heteroatoms. The van der Waals surface area contributed by atoms with Crippen molar-refractivity contribution < 1.29 is 4.74 Å². The van der Waals surface area contributed by atoms with Gasteiger partial charge in [0.15, 0.2) is 0 Å². The summed E-state index contributed by atoms with van der Waals surface area (Å²) in [6.07, 6.45) is 0. The Morgan fingerprint density at radius 1 is 1.33 bits per heavy atom. The second-order valence-electron chi connectivity index (χ2n) is 4.14. The predicted octanol–water partition coefficient (Wildman–Crippen LogP) is 2.62. The molecule has 2 aromatic rings. The van der Waals surface area contributed by atoms with Gasteiger partial charge >= 0.3 is 0 Å². The number of rotatable bonds is 4. The van der Waals surface area contributed by atoms with Crippen LogP contribution in [0.4, 0.5) is 5.82 Å². The van der Waals surface area contributed by atoms with E-state index in [-0.39, 0.29) is 0 Å². The van der Waals surface area contributed by atoms with E-state index in [4.69, 9.17) is 22.1 Å². The van der Waals surface area contributed by atoms with Crippen LogP contribution in [0.5, 0.6) is 0 Å². The summed E-state index contributed by atoms with van der Waals surface area (Å²) in [6, 6.07) is 8.05. The molecule has 2 rings (SSSR count). The lowest BCUT2D eigenvalue weighted by Crippen LogP contribution is -2.08. The number of nitrogens with two attached hydrogens (primary N) is 1. The van der Waals surface area contributed by atoms with Crippen molar-refractivity contribution in [3.8, 4) is 0 Å². The Bertz CT molecular complexity index is 551. The topological polar surface area (TPSA) is 53.1 Å². The Morgan fingerprint density at radius 2 is 2.00 bits per heavy atom. The number of halogens is 1. The third-order valence-electron chi connectivity index (χ3n) is 2.83. The number of hydrogen-bond acceptors (Lipinski definition) is 3. The molecule has 1 heterocycles. The average Bonchev–Trinajstić information content (AvgIpc) is 2.60. The zero-order valence-electron chi connectivity index (χ0n) is 10.5. The predicted molar refractivity (Wildman–Crippen MR) is 72.6 cm³/mol. The summed E-state index contributed by atoms with van der Waals surface area (Å²) in [5.41, 5.74) is 8.92. The van der Waals surface area contributed by atoms with Crippen molar-refractivity contribution in [1.29, 1.82) is 0 Å². The maximum atomic E-state index is 6.03. The molecule has 0 spiro atoms. The number of benzene rings is 1. The van der Waals surface area contributed by atoms with Crippen LogP contribution in [0.2, 0.25) is 5.02 Å². The van der Waals surface area contributed by atoms with Crippen molar-refractivity contribution in [2.45, 2.75) is 20.1 Å². The largest absolute Gasteiger partial charge is 0.383 e. The van der Waals surface area contributed by atoms with E-state index >= 15 is 0 Å². The van der Waals surface area contributed by atoms with Crippen LogP contribution >= 0.6 is 11.6 Å². The summed E-state index contributed by atoms with van der Waals surface area (Å²) in [7, 11) is 1.68. The van der Waals surface area contributed by atoms with E-state index in [1.165, 1.54) is 0 Å². The third kappa shape index (κ3) is 2.49. The van der Waals surface area contributed by atoms with Crippen LogP contribution in [0.15, 0.2) is 24.3 Å². The summed E-state index contributed by atoms with van der Waals surface area (Å²) >= 11 is 6.03. The van der Waals surface area contributed by atoms with Crippen molar-refractivity contribution >= 4 is 17.4 Å². The highest BCUT2D eigenvalue weighted by atomic mass is 35.5. The second kappa shape index (κ2) is 5.42. The maximum absolute atomic E-state index is 6.03. The summed E-state index contributed by atoms with van der Waals surface area (Å²) in [4.78, 5) is 0. The van der Waals surface area contributed by atoms with Gasteiger partial charge in [-0.15, -0.1) is 0 Å². The maximum Gasteiger partial charge on any atom is 0.141 e. The summed E-state index contributed by atoms with van der Waals surface area (Å²) in [5.74, 6) is 0.501. The van der Waals surface area contributed by atoms with Crippen molar-refractivity contribution in [3.63, 3.8) is 0 Å². The van der Waals surface area contributed by atoms with Gasteiger partial charge in [0.25, 0.3) is 0 Å². The van der Waals surface area contributed by atoms with Crippen LogP contribution in [0.1, 0.15) is 16.8 Å². The Hall–Kier alpha value is -1.52. The van der Waals surface area contributed by atoms with E-state index in [1.807, 2.05) is 31.2 Å². The normalized spacial score (nSPS) is 10.8. The van der Waals surface area contributed by atoms with E-state index in [1.54, 1.807) is 11.8 Å². The zero-order valence-corrected chi connectivity index (χ0v) is 11.2. The van der Waals surface area contributed by atoms with Crippen LogP contribution in [-0.2, 0) is 17.9 Å². The number of aryl methyl sites for hydroxylation is 1. The SMILES string of the molecule is COCc1ccccc1Cn1nc(C)c(Cl)c1N. The van der Waals surface area contributed by atoms with Crippen LogP contribution in [0.3, 0.4) is 0 Å². The lowest BCUT2D eigenvalue weighted by atomic mass is 10.1.